The molecule has 148 valence electrons. The maximum atomic E-state index is 5.43. The molecular weight excluding hydrogens is 384 g/mol. The van der Waals surface area contributed by atoms with E-state index >= 15 is 0 Å². The monoisotopic (exact) mass is 406 g/mol. The fourth-order valence-electron chi connectivity index (χ4n) is 3.56. The van der Waals surface area contributed by atoms with E-state index in [0.29, 0.717) is 0 Å². The first-order valence-corrected chi connectivity index (χ1v) is 10.5. The zero-order valence-electron chi connectivity index (χ0n) is 16.2. The molecule has 5 rings (SSSR count). The summed E-state index contributed by atoms with van der Waals surface area (Å²) >= 11 is 1.63. The summed E-state index contributed by atoms with van der Waals surface area (Å²) in [4.78, 5) is 11.6. The molecular formula is C21H22N6OS. The van der Waals surface area contributed by atoms with Crippen LogP contribution in [-0.4, -0.2) is 51.4 Å². The van der Waals surface area contributed by atoms with Crippen molar-refractivity contribution >= 4 is 32.5 Å². The lowest BCUT2D eigenvalue weighted by Gasteiger charge is -2.26. The van der Waals surface area contributed by atoms with E-state index in [9.17, 15) is 0 Å². The van der Waals surface area contributed by atoms with Crippen molar-refractivity contribution in [3.63, 3.8) is 0 Å². The summed E-state index contributed by atoms with van der Waals surface area (Å²) in [5.74, 6) is 0.820. The predicted octanol–water partition coefficient (Wildman–Crippen LogP) is 3.97. The lowest BCUT2D eigenvalue weighted by atomic mass is 10.1. The van der Waals surface area contributed by atoms with Gasteiger partial charge in [-0.2, -0.15) is 5.10 Å². The number of ether oxygens (including phenoxy) is 1. The lowest BCUT2D eigenvalue weighted by molar-refractivity contribution is 0.0342. The van der Waals surface area contributed by atoms with Crippen molar-refractivity contribution in [1.29, 1.82) is 0 Å². The summed E-state index contributed by atoms with van der Waals surface area (Å²) in [6.07, 6.45) is 3.71. The number of aromatic nitrogens is 4. The quantitative estimate of drug-likeness (QED) is 0.522. The highest BCUT2D eigenvalue weighted by Crippen LogP contribution is 2.32. The smallest absolute Gasteiger partial charge is 0.189 e. The molecule has 0 radical (unpaired) electrons. The van der Waals surface area contributed by atoms with Crippen molar-refractivity contribution in [2.45, 2.75) is 13.5 Å². The van der Waals surface area contributed by atoms with Crippen molar-refractivity contribution in [3.8, 4) is 11.1 Å². The maximum absolute atomic E-state index is 5.43. The van der Waals surface area contributed by atoms with E-state index in [0.717, 1.165) is 70.8 Å². The van der Waals surface area contributed by atoms with Crippen LogP contribution in [-0.2, 0) is 11.3 Å². The molecule has 1 saturated heterocycles. The Kier molecular flexibility index (Phi) is 4.97. The Balaban J connectivity index is 1.35. The maximum Gasteiger partial charge on any atom is 0.189 e. The summed E-state index contributed by atoms with van der Waals surface area (Å²) in [6, 6.07) is 10.5. The van der Waals surface area contributed by atoms with Crippen LogP contribution in [0, 0.1) is 6.92 Å². The van der Waals surface area contributed by atoms with Gasteiger partial charge in [0.2, 0.25) is 0 Å². The minimum absolute atomic E-state index is 0.808. The molecule has 4 heterocycles. The van der Waals surface area contributed by atoms with E-state index in [4.69, 9.17) is 9.72 Å². The van der Waals surface area contributed by atoms with Gasteiger partial charge in [-0.1, -0.05) is 17.4 Å². The van der Waals surface area contributed by atoms with Crippen molar-refractivity contribution in [3.05, 3.63) is 54.0 Å². The van der Waals surface area contributed by atoms with Gasteiger partial charge in [-0.25, -0.2) is 9.97 Å². The van der Waals surface area contributed by atoms with Gasteiger partial charge in [0.1, 0.15) is 5.82 Å². The molecule has 3 aromatic heterocycles. The molecule has 1 fully saturated rings. The number of hydrogen-bond acceptors (Lipinski definition) is 7. The van der Waals surface area contributed by atoms with Gasteiger partial charge in [-0.3, -0.25) is 10.00 Å². The number of hydrogen-bond donors (Lipinski definition) is 2. The normalized spacial score (nSPS) is 15.1. The molecule has 0 unspecified atom stereocenters. The summed E-state index contributed by atoms with van der Waals surface area (Å²) < 4.78 is 6.56. The van der Waals surface area contributed by atoms with Gasteiger partial charge in [0.05, 0.1) is 29.6 Å². The highest BCUT2D eigenvalue weighted by molar-refractivity contribution is 7.22. The number of aromatic amines is 1. The van der Waals surface area contributed by atoms with E-state index in [1.54, 1.807) is 11.3 Å². The summed E-state index contributed by atoms with van der Waals surface area (Å²) in [5.41, 5.74) is 5.54. The SMILES string of the molecule is Cc1[nH]ncc1-c1ccc2nc(Nc3cc(CN4CCOCC4)ccn3)sc2c1. The third-order valence-corrected chi connectivity index (χ3v) is 6.03. The van der Waals surface area contributed by atoms with Crippen LogP contribution in [0.3, 0.4) is 0 Å². The highest BCUT2D eigenvalue weighted by atomic mass is 32.1. The van der Waals surface area contributed by atoms with E-state index in [2.05, 4.69) is 55.7 Å². The molecule has 1 aliphatic heterocycles. The molecule has 0 atom stereocenters. The van der Waals surface area contributed by atoms with E-state index < -0.39 is 0 Å². The number of anilines is 2. The van der Waals surface area contributed by atoms with E-state index in [1.807, 2.05) is 19.3 Å². The Morgan fingerprint density at radius 1 is 1.21 bits per heavy atom. The average molecular weight is 407 g/mol. The Morgan fingerprint density at radius 2 is 2.10 bits per heavy atom. The van der Waals surface area contributed by atoms with Crippen molar-refractivity contribution < 1.29 is 4.74 Å². The molecule has 0 aliphatic carbocycles. The van der Waals surface area contributed by atoms with Crippen LogP contribution in [0.5, 0.6) is 0 Å². The van der Waals surface area contributed by atoms with Crippen LogP contribution in [0.15, 0.2) is 42.7 Å². The number of aryl methyl sites for hydroxylation is 1. The number of rotatable bonds is 5. The predicted molar refractivity (Wildman–Crippen MR) is 116 cm³/mol. The number of nitrogens with one attached hydrogen (secondary N) is 2. The summed E-state index contributed by atoms with van der Waals surface area (Å²) in [6.45, 7) is 6.50. The molecule has 1 aromatic carbocycles. The second-order valence-electron chi connectivity index (χ2n) is 7.17. The van der Waals surface area contributed by atoms with Crippen LogP contribution in [0.1, 0.15) is 11.3 Å². The second kappa shape index (κ2) is 7.90. The van der Waals surface area contributed by atoms with Crippen molar-refractivity contribution in [1.82, 2.24) is 25.1 Å². The summed E-state index contributed by atoms with van der Waals surface area (Å²) in [5, 5.41) is 11.3. The van der Waals surface area contributed by atoms with Gasteiger partial charge < -0.3 is 10.1 Å². The van der Waals surface area contributed by atoms with Crippen molar-refractivity contribution in [2.75, 3.05) is 31.6 Å². The Hall–Kier alpha value is -2.81. The number of pyridine rings is 1. The van der Waals surface area contributed by atoms with Crippen LogP contribution in [0.25, 0.3) is 21.3 Å². The molecule has 2 N–H and O–H groups in total. The van der Waals surface area contributed by atoms with E-state index in [-0.39, 0.29) is 0 Å². The zero-order valence-corrected chi connectivity index (χ0v) is 17.0. The number of H-pyrrole nitrogens is 1. The number of thiazole rings is 1. The molecule has 0 bridgehead atoms. The standard InChI is InChI=1S/C21H22N6OS/c1-14-17(12-23-26-14)16-2-3-18-19(11-16)29-21(24-18)25-20-10-15(4-5-22-20)13-27-6-8-28-9-7-27/h2-5,10-12H,6-9,13H2,1H3,(H,23,26)(H,22,24,25). The van der Waals surface area contributed by atoms with Crippen molar-refractivity contribution in [2.24, 2.45) is 0 Å². The molecule has 4 aromatic rings. The van der Waals surface area contributed by atoms with Gasteiger partial charge in [0.25, 0.3) is 0 Å². The lowest BCUT2D eigenvalue weighted by Crippen LogP contribution is -2.35. The van der Waals surface area contributed by atoms with Gasteiger partial charge in [-0.05, 0) is 42.3 Å². The highest BCUT2D eigenvalue weighted by Gasteiger charge is 2.12. The van der Waals surface area contributed by atoms with Gasteiger partial charge in [-0.15, -0.1) is 0 Å². The summed E-state index contributed by atoms with van der Waals surface area (Å²) in [7, 11) is 0. The second-order valence-corrected chi connectivity index (χ2v) is 8.20. The van der Waals surface area contributed by atoms with Crippen LogP contribution in [0.4, 0.5) is 10.9 Å². The number of benzene rings is 1. The minimum atomic E-state index is 0.808. The molecule has 1 aliphatic rings. The number of fused-ring (bicyclic) bond motifs is 1. The largest absolute Gasteiger partial charge is 0.379 e. The molecule has 29 heavy (non-hydrogen) atoms. The van der Waals surface area contributed by atoms with Gasteiger partial charge in [0.15, 0.2) is 5.13 Å². The average Bonchev–Trinajstić information content (AvgIpc) is 3.33. The van der Waals surface area contributed by atoms with Crippen LogP contribution >= 0.6 is 11.3 Å². The molecule has 0 amide bonds. The van der Waals surface area contributed by atoms with E-state index in [1.165, 1.54) is 5.56 Å². The van der Waals surface area contributed by atoms with Gasteiger partial charge in [0, 0.05) is 37.1 Å². The third-order valence-electron chi connectivity index (χ3n) is 5.10. The first-order chi connectivity index (χ1) is 14.2. The molecule has 0 spiro atoms. The molecule has 0 saturated carbocycles. The van der Waals surface area contributed by atoms with Gasteiger partial charge >= 0.3 is 0 Å². The first kappa shape index (κ1) is 18.2. The Morgan fingerprint density at radius 3 is 2.93 bits per heavy atom. The van der Waals surface area contributed by atoms with Crippen LogP contribution in [0.2, 0.25) is 0 Å². The molecule has 8 heteroatoms. The van der Waals surface area contributed by atoms with Crippen LogP contribution < -0.4 is 5.32 Å². The Labute approximate surface area is 172 Å². The fourth-order valence-corrected chi connectivity index (χ4v) is 4.47. The minimum Gasteiger partial charge on any atom is -0.379 e. The zero-order chi connectivity index (χ0) is 19.6. The third kappa shape index (κ3) is 4.00. The first-order valence-electron chi connectivity index (χ1n) is 9.67. The number of nitrogens with zero attached hydrogens (tertiary/aromatic N) is 4. The number of morpholine rings is 1. The Bertz CT molecular complexity index is 1130. The fraction of sp³-hybridized carbons (Fsp3) is 0.286. The topological polar surface area (TPSA) is 79.0 Å². The molecule has 7 nitrogen and oxygen atoms in total.